The van der Waals surface area contributed by atoms with E-state index in [1.807, 2.05) is 0 Å². The van der Waals surface area contributed by atoms with Crippen LogP contribution in [0.1, 0.15) is 35.3 Å². The van der Waals surface area contributed by atoms with Gasteiger partial charge < -0.3 is 0 Å². The summed E-state index contributed by atoms with van der Waals surface area (Å²) in [4.78, 5) is 11.6. The zero-order valence-electron chi connectivity index (χ0n) is 9.30. The second-order valence-electron chi connectivity index (χ2n) is 3.89. The Balaban J connectivity index is 3.34. The summed E-state index contributed by atoms with van der Waals surface area (Å²) in [7, 11) is 0. The number of benzene rings is 1. The average molecular weight is 241 g/mol. The maximum atomic E-state index is 12.6. The Morgan fingerprint density at radius 3 is 2.35 bits per heavy atom. The van der Waals surface area contributed by atoms with Crippen molar-refractivity contribution in [3.05, 3.63) is 34.9 Å². The number of nitrogens with zero attached hydrogens (tertiary/aromatic N) is 1. The van der Waals surface area contributed by atoms with Crippen LogP contribution in [0, 0.1) is 17.2 Å². The third-order valence-electron chi connectivity index (χ3n) is 2.25. The van der Waals surface area contributed by atoms with Gasteiger partial charge in [0.25, 0.3) is 0 Å². The van der Waals surface area contributed by atoms with Gasteiger partial charge in [-0.3, -0.25) is 4.79 Å². The summed E-state index contributed by atoms with van der Waals surface area (Å²) >= 11 is 0. The summed E-state index contributed by atoms with van der Waals surface area (Å²) in [5.41, 5.74) is -1.56. The first-order valence-corrected chi connectivity index (χ1v) is 4.93. The lowest BCUT2D eigenvalue weighted by atomic mass is 9.97. The van der Waals surface area contributed by atoms with Crippen molar-refractivity contribution >= 4 is 5.78 Å². The molecule has 1 aromatic rings. The maximum Gasteiger partial charge on any atom is 0.417 e. The van der Waals surface area contributed by atoms with E-state index in [9.17, 15) is 18.0 Å². The molecular formula is C12H10F3NO. The number of hydrogen-bond acceptors (Lipinski definition) is 2. The molecule has 0 saturated heterocycles. The zero-order valence-corrected chi connectivity index (χ0v) is 9.30. The lowest BCUT2D eigenvalue weighted by Crippen LogP contribution is -2.12. The number of nitriles is 1. The first kappa shape index (κ1) is 13.2. The van der Waals surface area contributed by atoms with Crippen LogP contribution >= 0.6 is 0 Å². The molecule has 1 rings (SSSR count). The second kappa shape index (κ2) is 4.58. The minimum atomic E-state index is -4.63. The molecule has 0 heterocycles. The van der Waals surface area contributed by atoms with Crippen LogP contribution in [0.5, 0.6) is 0 Å². The van der Waals surface area contributed by atoms with Gasteiger partial charge in [0.1, 0.15) is 0 Å². The first-order chi connectivity index (χ1) is 7.77. The molecule has 0 aliphatic heterocycles. The maximum absolute atomic E-state index is 12.6. The summed E-state index contributed by atoms with van der Waals surface area (Å²) in [5.74, 6) is -0.760. The van der Waals surface area contributed by atoms with Crippen LogP contribution in [0.25, 0.3) is 0 Å². The molecule has 1 aromatic carbocycles. The molecule has 0 aliphatic rings. The number of rotatable bonds is 2. The van der Waals surface area contributed by atoms with Crippen molar-refractivity contribution in [2.24, 2.45) is 5.92 Å². The number of ketones is 1. The molecular weight excluding hydrogens is 231 g/mol. The monoisotopic (exact) mass is 241 g/mol. The van der Waals surface area contributed by atoms with E-state index in [0.717, 1.165) is 12.1 Å². The van der Waals surface area contributed by atoms with Crippen LogP contribution in [-0.4, -0.2) is 5.78 Å². The lowest BCUT2D eigenvalue weighted by molar-refractivity contribution is -0.137. The minimum absolute atomic E-state index is 0.0219. The van der Waals surface area contributed by atoms with Crippen molar-refractivity contribution < 1.29 is 18.0 Å². The molecule has 2 nitrogen and oxygen atoms in total. The number of carbonyl (C=O) groups excluding carboxylic acids is 1. The molecule has 0 N–H and O–H groups in total. The Kier molecular flexibility index (Phi) is 3.56. The summed E-state index contributed by atoms with van der Waals surface area (Å²) < 4.78 is 37.9. The van der Waals surface area contributed by atoms with E-state index >= 15 is 0 Å². The Labute approximate surface area is 96.7 Å². The Morgan fingerprint density at radius 2 is 1.94 bits per heavy atom. The molecule has 5 heteroatoms. The van der Waals surface area contributed by atoms with Gasteiger partial charge in [-0.25, -0.2) is 0 Å². The van der Waals surface area contributed by atoms with Crippen molar-refractivity contribution in [2.45, 2.75) is 20.0 Å². The van der Waals surface area contributed by atoms with Gasteiger partial charge >= 0.3 is 6.18 Å². The molecule has 0 unspecified atom stereocenters. The fourth-order valence-corrected chi connectivity index (χ4v) is 1.36. The SMILES string of the molecule is CC(C)C(=O)c1ccc(C#N)c(C(F)(F)F)c1. The fraction of sp³-hybridized carbons (Fsp3) is 0.333. The summed E-state index contributed by atoms with van der Waals surface area (Å²) in [6, 6.07) is 4.48. The third kappa shape index (κ3) is 2.84. The van der Waals surface area contributed by atoms with Crippen molar-refractivity contribution in [1.29, 1.82) is 5.26 Å². The number of hydrogen-bond donors (Lipinski definition) is 0. The summed E-state index contributed by atoms with van der Waals surface area (Å²) in [5, 5.41) is 8.59. The van der Waals surface area contributed by atoms with Crippen LogP contribution in [0.2, 0.25) is 0 Å². The normalized spacial score (nSPS) is 11.4. The molecule has 0 saturated carbocycles. The predicted octanol–water partition coefficient (Wildman–Crippen LogP) is 3.42. The Morgan fingerprint density at radius 1 is 1.35 bits per heavy atom. The summed E-state index contributed by atoms with van der Waals surface area (Å²) in [6.45, 7) is 3.21. The van der Waals surface area contributed by atoms with Crippen LogP contribution in [-0.2, 0) is 6.18 Å². The fourth-order valence-electron chi connectivity index (χ4n) is 1.36. The van der Waals surface area contributed by atoms with E-state index in [4.69, 9.17) is 5.26 Å². The average Bonchev–Trinajstić information content (AvgIpc) is 2.25. The van der Waals surface area contributed by atoms with Crippen molar-refractivity contribution in [1.82, 2.24) is 0 Å². The molecule has 0 radical (unpaired) electrons. The van der Waals surface area contributed by atoms with Crippen molar-refractivity contribution in [3.8, 4) is 6.07 Å². The quantitative estimate of drug-likeness (QED) is 0.744. The first-order valence-electron chi connectivity index (χ1n) is 4.93. The van der Waals surface area contributed by atoms with Crippen molar-refractivity contribution in [3.63, 3.8) is 0 Å². The van der Waals surface area contributed by atoms with Gasteiger partial charge in [-0.05, 0) is 12.1 Å². The molecule has 0 amide bonds. The third-order valence-corrected chi connectivity index (χ3v) is 2.25. The van der Waals surface area contributed by atoms with E-state index < -0.39 is 17.3 Å². The largest absolute Gasteiger partial charge is 0.417 e. The van der Waals surface area contributed by atoms with E-state index in [0.29, 0.717) is 0 Å². The summed E-state index contributed by atoms with van der Waals surface area (Å²) in [6.07, 6.45) is -4.63. The molecule has 0 bridgehead atoms. The van der Waals surface area contributed by atoms with E-state index in [1.54, 1.807) is 13.8 Å². The Hall–Kier alpha value is -1.83. The zero-order chi connectivity index (χ0) is 13.2. The highest BCUT2D eigenvalue weighted by atomic mass is 19.4. The molecule has 17 heavy (non-hydrogen) atoms. The van der Waals surface area contributed by atoms with Crippen LogP contribution in [0.15, 0.2) is 18.2 Å². The van der Waals surface area contributed by atoms with Gasteiger partial charge in [-0.15, -0.1) is 0 Å². The molecule has 0 atom stereocenters. The van der Waals surface area contributed by atoms with Gasteiger partial charge in [0.15, 0.2) is 5.78 Å². The molecule has 0 aliphatic carbocycles. The van der Waals surface area contributed by atoms with E-state index in [1.165, 1.54) is 12.1 Å². The highest BCUT2D eigenvalue weighted by Crippen LogP contribution is 2.32. The number of carbonyl (C=O) groups is 1. The molecule has 0 aromatic heterocycles. The van der Waals surface area contributed by atoms with Gasteiger partial charge in [0.05, 0.1) is 17.2 Å². The lowest BCUT2D eigenvalue weighted by Gasteiger charge is -2.11. The molecule has 90 valence electrons. The number of Topliss-reactive ketones (excluding diaryl/α,β-unsaturated/α-hetero) is 1. The second-order valence-corrected chi connectivity index (χ2v) is 3.89. The highest BCUT2D eigenvalue weighted by Gasteiger charge is 2.34. The predicted molar refractivity (Wildman–Crippen MR) is 55.3 cm³/mol. The van der Waals surface area contributed by atoms with Crippen LogP contribution in [0.3, 0.4) is 0 Å². The number of halogens is 3. The van der Waals surface area contributed by atoms with Gasteiger partial charge in [-0.2, -0.15) is 18.4 Å². The minimum Gasteiger partial charge on any atom is -0.294 e. The Bertz CT molecular complexity index is 484. The van der Waals surface area contributed by atoms with Crippen LogP contribution < -0.4 is 0 Å². The van der Waals surface area contributed by atoms with Gasteiger partial charge in [-0.1, -0.05) is 19.9 Å². The van der Waals surface area contributed by atoms with Crippen molar-refractivity contribution in [2.75, 3.05) is 0 Å². The molecule has 0 spiro atoms. The van der Waals surface area contributed by atoms with E-state index in [-0.39, 0.29) is 17.3 Å². The van der Waals surface area contributed by atoms with Gasteiger partial charge in [0.2, 0.25) is 0 Å². The van der Waals surface area contributed by atoms with E-state index in [2.05, 4.69) is 0 Å². The smallest absolute Gasteiger partial charge is 0.294 e. The topological polar surface area (TPSA) is 40.9 Å². The van der Waals surface area contributed by atoms with Crippen LogP contribution in [0.4, 0.5) is 13.2 Å². The molecule has 0 fully saturated rings. The number of alkyl halides is 3. The van der Waals surface area contributed by atoms with Gasteiger partial charge in [0, 0.05) is 11.5 Å². The highest BCUT2D eigenvalue weighted by molar-refractivity contribution is 5.97. The standard InChI is InChI=1S/C12H10F3NO/c1-7(2)11(17)8-3-4-9(6-16)10(5-8)12(13,14)15/h3-5,7H,1-2H3.